The first-order valence-electron chi connectivity index (χ1n) is 28.1. The van der Waals surface area contributed by atoms with E-state index < -0.39 is 12.1 Å². The van der Waals surface area contributed by atoms with Gasteiger partial charge in [-0.15, -0.1) is 0 Å². The van der Waals surface area contributed by atoms with Crippen molar-refractivity contribution in [1.29, 1.82) is 0 Å². The molecule has 1 amide bonds. The van der Waals surface area contributed by atoms with Crippen molar-refractivity contribution in [1.82, 2.24) is 5.32 Å². The number of rotatable bonds is 52. The second-order valence-corrected chi connectivity index (χ2v) is 19.3. The van der Waals surface area contributed by atoms with E-state index in [2.05, 4.69) is 43.5 Å². The predicted molar refractivity (Wildman–Crippen MR) is 273 cm³/mol. The van der Waals surface area contributed by atoms with Crippen molar-refractivity contribution >= 4 is 11.9 Å². The van der Waals surface area contributed by atoms with Crippen LogP contribution < -0.4 is 5.32 Å². The van der Waals surface area contributed by atoms with Gasteiger partial charge in [-0.3, -0.25) is 9.59 Å². The normalized spacial score (nSPS) is 12.8. The second-order valence-electron chi connectivity index (χ2n) is 19.3. The first kappa shape index (κ1) is 61.3. The summed E-state index contributed by atoms with van der Waals surface area (Å²) in [6, 6.07) is -0.557. The quantitative estimate of drug-likeness (QED) is 0.0321. The largest absolute Gasteiger partial charge is 0.466 e. The highest BCUT2D eigenvalue weighted by molar-refractivity contribution is 5.76. The molecule has 0 aromatic heterocycles. The Labute approximate surface area is 392 Å². The standard InChI is InChI=1S/C57H109NO5/c1-3-5-7-9-11-13-15-17-19-21-22-23-24-26-29-33-37-41-45-49-55(60)54(53-59)58-56(61)50-46-42-38-34-30-28-32-36-40-44-48-52-63-57(62)51-47-43-39-35-31-27-25-20-18-16-14-12-10-8-6-4-2/h14,16,20,25,54-55,59-60H,3-13,15,17-19,21-24,26-53H2,1-2H3,(H,58,61)/b16-14-,25-20-. The van der Waals surface area contributed by atoms with E-state index >= 15 is 0 Å². The molecule has 2 atom stereocenters. The van der Waals surface area contributed by atoms with Gasteiger partial charge in [0.25, 0.3) is 0 Å². The zero-order valence-electron chi connectivity index (χ0n) is 42.3. The van der Waals surface area contributed by atoms with Gasteiger partial charge in [-0.1, -0.05) is 256 Å². The van der Waals surface area contributed by atoms with Gasteiger partial charge in [0.2, 0.25) is 5.91 Å². The molecule has 0 aliphatic carbocycles. The van der Waals surface area contributed by atoms with Crippen LogP contribution in [-0.2, 0) is 14.3 Å². The van der Waals surface area contributed by atoms with Crippen molar-refractivity contribution in [2.45, 2.75) is 315 Å². The maximum Gasteiger partial charge on any atom is 0.305 e. The fourth-order valence-corrected chi connectivity index (χ4v) is 8.67. The van der Waals surface area contributed by atoms with Crippen LogP contribution in [0, 0.1) is 0 Å². The molecule has 0 saturated carbocycles. The van der Waals surface area contributed by atoms with Crippen molar-refractivity contribution in [2.24, 2.45) is 0 Å². The van der Waals surface area contributed by atoms with Crippen LogP contribution >= 0.6 is 0 Å². The Morgan fingerprint density at radius 3 is 1.22 bits per heavy atom. The molecule has 0 fully saturated rings. The third-order valence-electron chi connectivity index (χ3n) is 13.0. The summed E-state index contributed by atoms with van der Waals surface area (Å²) in [5.41, 5.74) is 0. The minimum Gasteiger partial charge on any atom is -0.466 e. The average Bonchev–Trinajstić information content (AvgIpc) is 3.28. The molecule has 372 valence electrons. The Hall–Kier alpha value is -1.66. The van der Waals surface area contributed by atoms with Gasteiger partial charge >= 0.3 is 5.97 Å². The molecule has 0 aromatic rings. The van der Waals surface area contributed by atoms with Gasteiger partial charge in [-0.2, -0.15) is 0 Å². The molecule has 2 unspecified atom stereocenters. The number of carbonyl (C=O) groups is 2. The molecule has 0 saturated heterocycles. The van der Waals surface area contributed by atoms with Crippen LogP contribution in [0.1, 0.15) is 303 Å². The van der Waals surface area contributed by atoms with Crippen molar-refractivity contribution in [3.05, 3.63) is 24.3 Å². The lowest BCUT2D eigenvalue weighted by atomic mass is 10.0. The van der Waals surface area contributed by atoms with Crippen molar-refractivity contribution in [2.75, 3.05) is 13.2 Å². The van der Waals surface area contributed by atoms with Gasteiger partial charge in [-0.05, 0) is 57.8 Å². The van der Waals surface area contributed by atoms with E-state index in [9.17, 15) is 19.8 Å². The number of ether oxygens (including phenoxy) is 1. The lowest BCUT2D eigenvalue weighted by molar-refractivity contribution is -0.143. The van der Waals surface area contributed by atoms with Crippen LogP contribution in [0.4, 0.5) is 0 Å². The molecular weight excluding hydrogens is 779 g/mol. The molecule has 63 heavy (non-hydrogen) atoms. The summed E-state index contributed by atoms with van der Waals surface area (Å²) >= 11 is 0. The third-order valence-corrected chi connectivity index (χ3v) is 13.0. The van der Waals surface area contributed by atoms with Crippen LogP contribution in [0.5, 0.6) is 0 Å². The molecule has 0 aromatic carbocycles. The number of esters is 1. The average molecular weight is 889 g/mol. The molecule has 0 spiro atoms. The molecule has 0 aliphatic heterocycles. The maximum atomic E-state index is 12.5. The highest BCUT2D eigenvalue weighted by Crippen LogP contribution is 2.17. The first-order chi connectivity index (χ1) is 31.0. The molecule has 0 aliphatic rings. The van der Waals surface area contributed by atoms with Crippen molar-refractivity contribution in [3.63, 3.8) is 0 Å². The number of hydrogen-bond donors (Lipinski definition) is 3. The molecule has 0 bridgehead atoms. The van der Waals surface area contributed by atoms with E-state index in [-0.39, 0.29) is 18.5 Å². The minimum absolute atomic E-state index is 0.0264. The van der Waals surface area contributed by atoms with Crippen LogP contribution in [-0.4, -0.2) is 47.4 Å². The Morgan fingerprint density at radius 2 is 0.794 bits per heavy atom. The van der Waals surface area contributed by atoms with Crippen LogP contribution in [0.25, 0.3) is 0 Å². The number of allylic oxidation sites excluding steroid dienone is 4. The van der Waals surface area contributed by atoms with Gasteiger partial charge in [0.05, 0.1) is 25.4 Å². The fourth-order valence-electron chi connectivity index (χ4n) is 8.67. The molecular formula is C57H109NO5. The third kappa shape index (κ3) is 49.6. The number of aliphatic hydroxyl groups is 2. The predicted octanol–water partition coefficient (Wildman–Crippen LogP) is 17.1. The fraction of sp³-hybridized carbons (Fsp3) is 0.895. The number of nitrogens with one attached hydrogen (secondary N) is 1. The van der Waals surface area contributed by atoms with E-state index in [0.717, 1.165) is 70.6 Å². The van der Waals surface area contributed by atoms with E-state index in [1.165, 1.54) is 199 Å². The van der Waals surface area contributed by atoms with Crippen LogP contribution in [0.15, 0.2) is 24.3 Å². The SMILES string of the molecule is CCCCCC/C=C\C/C=C\CCCCCCCC(=O)OCCCCCCCCCCCCCC(=O)NC(CO)C(O)CCCCCCCCCCCCCCCCCCCCC. The number of aliphatic hydroxyl groups excluding tert-OH is 2. The maximum absolute atomic E-state index is 12.5. The molecule has 6 heteroatoms. The Balaban J connectivity index is 3.47. The van der Waals surface area contributed by atoms with E-state index in [0.29, 0.717) is 25.9 Å². The van der Waals surface area contributed by atoms with Crippen LogP contribution in [0.3, 0.4) is 0 Å². The highest BCUT2D eigenvalue weighted by Gasteiger charge is 2.20. The number of hydrogen-bond acceptors (Lipinski definition) is 5. The van der Waals surface area contributed by atoms with Gasteiger partial charge in [-0.25, -0.2) is 0 Å². The molecule has 0 heterocycles. The summed E-state index contributed by atoms with van der Waals surface area (Å²) in [6.45, 7) is 4.90. The first-order valence-corrected chi connectivity index (χ1v) is 28.1. The van der Waals surface area contributed by atoms with E-state index in [1.54, 1.807) is 0 Å². The number of carbonyl (C=O) groups excluding carboxylic acids is 2. The van der Waals surface area contributed by atoms with Gasteiger partial charge in [0.1, 0.15) is 0 Å². The summed E-state index contributed by atoms with van der Waals surface area (Å²) in [5, 5.41) is 23.3. The zero-order chi connectivity index (χ0) is 45.8. The lowest BCUT2D eigenvalue weighted by Crippen LogP contribution is -2.45. The summed E-state index contributed by atoms with van der Waals surface area (Å²) in [4.78, 5) is 24.5. The summed E-state index contributed by atoms with van der Waals surface area (Å²) in [5.74, 6) is -0.0790. The second kappa shape index (κ2) is 53.0. The lowest BCUT2D eigenvalue weighted by Gasteiger charge is -2.22. The molecule has 3 N–H and O–H groups in total. The van der Waals surface area contributed by atoms with Gasteiger partial charge in [0.15, 0.2) is 0 Å². The minimum atomic E-state index is -0.678. The van der Waals surface area contributed by atoms with Gasteiger partial charge in [0, 0.05) is 12.8 Å². The highest BCUT2D eigenvalue weighted by atomic mass is 16.5. The zero-order valence-corrected chi connectivity index (χ0v) is 42.3. The Morgan fingerprint density at radius 1 is 0.444 bits per heavy atom. The van der Waals surface area contributed by atoms with E-state index in [1.807, 2.05) is 0 Å². The van der Waals surface area contributed by atoms with Crippen LogP contribution in [0.2, 0.25) is 0 Å². The summed E-state index contributed by atoms with van der Waals surface area (Å²) in [6.07, 6.45) is 62.9. The number of amides is 1. The molecule has 0 rings (SSSR count). The van der Waals surface area contributed by atoms with E-state index in [4.69, 9.17) is 4.74 Å². The Kier molecular flexibility index (Phi) is 51.6. The molecule has 6 nitrogen and oxygen atoms in total. The van der Waals surface area contributed by atoms with Crippen molar-refractivity contribution < 1.29 is 24.5 Å². The number of unbranched alkanes of at least 4 members (excludes halogenated alkanes) is 37. The van der Waals surface area contributed by atoms with Gasteiger partial charge < -0.3 is 20.3 Å². The summed E-state index contributed by atoms with van der Waals surface area (Å²) in [7, 11) is 0. The summed E-state index contributed by atoms with van der Waals surface area (Å²) < 4.78 is 5.46. The molecule has 0 radical (unpaired) electrons. The monoisotopic (exact) mass is 888 g/mol. The Bertz CT molecular complexity index is 982. The van der Waals surface area contributed by atoms with Crippen molar-refractivity contribution in [3.8, 4) is 0 Å². The topological polar surface area (TPSA) is 95.9 Å². The smallest absolute Gasteiger partial charge is 0.305 e.